The highest BCUT2D eigenvalue weighted by atomic mass is 16.1. The molecule has 3 heterocycles. The Kier molecular flexibility index (Phi) is 2.19. The van der Waals surface area contributed by atoms with Crippen molar-refractivity contribution in [1.82, 2.24) is 14.0 Å². The van der Waals surface area contributed by atoms with Crippen LogP contribution in [0.5, 0.6) is 0 Å². The number of imidazole rings is 1. The van der Waals surface area contributed by atoms with Gasteiger partial charge in [-0.2, -0.15) is 0 Å². The van der Waals surface area contributed by atoms with Crippen LogP contribution in [0.4, 0.5) is 0 Å². The minimum Gasteiger partial charge on any atom is -0.315 e. The highest BCUT2D eigenvalue weighted by Crippen LogP contribution is 2.22. The van der Waals surface area contributed by atoms with Crippen molar-refractivity contribution in [2.45, 2.75) is 0 Å². The third-order valence-electron chi connectivity index (χ3n) is 3.08. The number of carbonyl (C=O) groups excluding carboxylic acids is 1. The van der Waals surface area contributed by atoms with Gasteiger partial charge in [-0.15, -0.1) is 0 Å². The standard InChI is InChI=1S/C13H11N3O2/c1-15-11(8-17)12(14-13(15)18)10-6-5-9-4-2-3-7-16(9)10/h2-8H,1H3,(H,14,18). The number of rotatable bonds is 2. The van der Waals surface area contributed by atoms with Crippen molar-refractivity contribution >= 4 is 11.8 Å². The number of hydrogen-bond donors (Lipinski definition) is 1. The predicted molar refractivity (Wildman–Crippen MR) is 67.8 cm³/mol. The van der Waals surface area contributed by atoms with Crippen molar-refractivity contribution in [3.8, 4) is 11.4 Å². The van der Waals surface area contributed by atoms with Crippen molar-refractivity contribution in [1.29, 1.82) is 0 Å². The molecule has 1 N–H and O–H groups in total. The Morgan fingerprint density at radius 3 is 2.83 bits per heavy atom. The monoisotopic (exact) mass is 241 g/mol. The molecular formula is C13H11N3O2. The van der Waals surface area contributed by atoms with Crippen LogP contribution >= 0.6 is 0 Å². The number of nitrogens with one attached hydrogen (secondary N) is 1. The summed E-state index contributed by atoms with van der Waals surface area (Å²) in [5, 5.41) is 0. The van der Waals surface area contributed by atoms with E-state index in [2.05, 4.69) is 4.98 Å². The minimum atomic E-state index is -0.294. The summed E-state index contributed by atoms with van der Waals surface area (Å²) in [7, 11) is 1.57. The quantitative estimate of drug-likeness (QED) is 0.690. The molecule has 5 nitrogen and oxygen atoms in total. The molecule has 3 rings (SSSR count). The van der Waals surface area contributed by atoms with Gasteiger partial charge in [0.1, 0.15) is 5.69 Å². The Labute approximate surface area is 102 Å². The number of fused-ring (bicyclic) bond motifs is 1. The largest absolute Gasteiger partial charge is 0.326 e. The van der Waals surface area contributed by atoms with Gasteiger partial charge in [-0.05, 0) is 24.3 Å². The third-order valence-corrected chi connectivity index (χ3v) is 3.08. The van der Waals surface area contributed by atoms with Crippen LogP contribution in [0.3, 0.4) is 0 Å². The zero-order chi connectivity index (χ0) is 12.7. The summed E-state index contributed by atoms with van der Waals surface area (Å²) in [5.41, 5.74) is 2.41. The normalized spacial score (nSPS) is 10.9. The summed E-state index contributed by atoms with van der Waals surface area (Å²) in [5.74, 6) is 0. The molecule has 0 spiro atoms. The third kappa shape index (κ3) is 1.34. The van der Waals surface area contributed by atoms with E-state index < -0.39 is 0 Å². The van der Waals surface area contributed by atoms with Crippen LogP contribution in [0.2, 0.25) is 0 Å². The summed E-state index contributed by atoms with van der Waals surface area (Å²) in [4.78, 5) is 25.4. The van der Waals surface area contributed by atoms with Gasteiger partial charge in [-0.1, -0.05) is 6.07 Å². The fourth-order valence-corrected chi connectivity index (χ4v) is 2.13. The van der Waals surface area contributed by atoms with Crippen LogP contribution < -0.4 is 5.69 Å². The number of hydrogen-bond acceptors (Lipinski definition) is 2. The van der Waals surface area contributed by atoms with Gasteiger partial charge in [-0.25, -0.2) is 4.79 Å². The van der Waals surface area contributed by atoms with Gasteiger partial charge < -0.3 is 9.38 Å². The molecule has 0 amide bonds. The maximum absolute atomic E-state index is 11.6. The molecule has 0 aliphatic carbocycles. The molecule has 0 bridgehead atoms. The molecule has 18 heavy (non-hydrogen) atoms. The lowest BCUT2D eigenvalue weighted by molar-refractivity contribution is 0.111. The number of aromatic nitrogens is 3. The molecule has 0 fully saturated rings. The fourth-order valence-electron chi connectivity index (χ4n) is 2.13. The predicted octanol–water partition coefficient (Wildman–Crippen LogP) is 1.45. The van der Waals surface area contributed by atoms with E-state index in [1.165, 1.54) is 4.57 Å². The van der Waals surface area contributed by atoms with E-state index >= 15 is 0 Å². The minimum absolute atomic E-state index is 0.294. The molecule has 0 atom stereocenters. The summed E-state index contributed by atoms with van der Waals surface area (Å²) in [6.07, 6.45) is 2.58. The van der Waals surface area contributed by atoms with Gasteiger partial charge in [0.15, 0.2) is 6.29 Å². The summed E-state index contributed by atoms with van der Waals surface area (Å²) in [6.45, 7) is 0. The second-order valence-corrected chi connectivity index (χ2v) is 4.08. The van der Waals surface area contributed by atoms with E-state index in [9.17, 15) is 9.59 Å². The van der Waals surface area contributed by atoms with Crippen LogP contribution in [0.1, 0.15) is 10.5 Å². The van der Waals surface area contributed by atoms with Crippen LogP contribution in [0.15, 0.2) is 41.3 Å². The zero-order valence-corrected chi connectivity index (χ0v) is 9.75. The van der Waals surface area contributed by atoms with Gasteiger partial charge in [-0.3, -0.25) is 9.36 Å². The highest BCUT2D eigenvalue weighted by molar-refractivity contribution is 5.83. The molecule has 0 saturated heterocycles. The average molecular weight is 241 g/mol. The Hall–Kier alpha value is -2.56. The Morgan fingerprint density at radius 2 is 2.06 bits per heavy atom. The molecule has 0 saturated carbocycles. The highest BCUT2D eigenvalue weighted by Gasteiger charge is 2.14. The lowest BCUT2D eigenvalue weighted by Crippen LogP contribution is -2.14. The van der Waals surface area contributed by atoms with E-state index in [0.717, 1.165) is 11.2 Å². The first-order valence-electron chi connectivity index (χ1n) is 5.53. The van der Waals surface area contributed by atoms with E-state index in [-0.39, 0.29) is 5.69 Å². The lowest BCUT2D eigenvalue weighted by Gasteiger charge is -2.01. The van der Waals surface area contributed by atoms with Crippen LogP contribution in [-0.2, 0) is 7.05 Å². The van der Waals surface area contributed by atoms with Crippen LogP contribution in [0, 0.1) is 0 Å². The first kappa shape index (κ1) is 10.6. The Balaban J connectivity index is 2.36. The number of H-pyrrole nitrogens is 1. The summed E-state index contributed by atoms with van der Waals surface area (Å²) in [6, 6.07) is 9.62. The first-order chi connectivity index (χ1) is 8.72. The van der Waals surface area contributed by atoms with E-state index in [0.29, 0.717) is 17.7 Å². The van der Waals surface area contributed by atoms with Crippen molar-refractivity contribution < 1.29 is 4.79 Å². The topological polar surface area (TPSA) is 59.3 Å². The van der Waals surface area contributed by atoms with E-state index in [1.807, 2.05) is 40.9 Å². The van der Waals surface area contributed by atoms with E-state index in [4.69, 9.17) is 0 Å². The molecule has 0 aliphatic rings. The average Bonchev–Trinajstić information content (AvgIpc) is 2.92. The SMILES string of the molecule is Cn1c(C=O)c(-c2ccc3ccccn23)[nH]c1=O. The lowest BCUT2D eigenvalue weighted by atomic mass is 10.2. The summed E-state index contributed by atoms with van der Waals surface area (Å²) >= 11 is 0. The second-order valence-electron chi connectivity index (χ2n) is 4.08. The smallest absolute Gasteiger partial charge is 0.315 e. The number of aromatic amines is 1. The maximum Gasteiger partial charge on any atom is 0.326 e. The summed E-state index contributed by atoms with van der Waals surface area (Å²) < 4.78 is 3.24. The van der Waals surface area contributed by atoms with Crippen molar-refractivity contribution in [3.63, 3.8) is 0 Å². The molecular weight excluding hydrogens is 230 g/mol. The zero-order valence-electron chi connectivity index (χ0n) is 9.75. The van der Waals surface area contributed by atoms with Crippen molar-refractivity contribution in [2.24, 2.45) is 7.05 Å². The van der Waals surface area contributed by atoms with E-state index in [1.54, 1.807) is 7.05 Å². The fraction of sp³-hybridized carbons (Fsp3) is 0.0769. The Morgan fingerprint density at radius 1 is 1.22 bits per heavy atom. The van der Waals surface area contributed by atoms with Crippen LogP contribution in [-0.4, -0.2) is 20.2 Å². The molecule has 3 aromatic rings. The number of aldehydes is 1. The molecule has 90 valence electrons. The maximum atomic E-state index is 11.6. The molecule has 3 aromatic heterocycles. The molecule has 0 unspecified atom stereocenters. The number of nitrogens with zero attached hydrogens (tertiary/aromatic N) is 2. The van der Waals surface area contributed by atoms with Crippen LogP contribution in [0.25, 0.3) is 16.9 Å². The Bertz CT molecular complexity index is 792. The molecule has 5 heteroatoms. The van der Waals surface area contributed by atoms with Crippen molar-refractivity contribution in [3.05, 3.63) is 52.7 Å². The molecule has 0 aromatic carbocycles. The second kappa shape index (κ2) is 3.73. The van der Waals surface area contributed by atoms with Gasteiger partial charge in [0.2, 0.25) is 0 Å². The van der Waals surface area contributed by atoms with Crippen molar-refractivity contribution in [2.75, 3.05) is 0 Å². The van der Waals surface area contributed by atoms with Gasteiger partial charge in [0.05, 0.1) is 11.4 Å². The van der Waals surface area contributed by atoms with Gasteiger partial charge in [0.25, 0.3) is 0 Å². The van der Waals surface area contributed by atoms with Gasteiger partial charge in [0, 0.05) is 18.8 Å². The number of carbonyl (C=O) groups is 1. The molecule has 0 aliphatic heterocycles. The van der Waals surface area contributed by atoms with Gasteiger partial charge >= 0.3 is 5.69 Å². The molecule has 0 radical (unpaired) electrons. The number of pyridine rings is 1. The first-order valence-corrected chi connectivity index (χ1v) is 5.53.